The van der Waals surface area contributed by atoms with Gasteiger partial charge in [0.2, 0.25) is 0 Å². The van der Waals surface area contributed by atoms with Gasteiger partial charge < -0.3 is 11.5 Å². The Labute approximate surface area is 625 Å². The van der Waals surface area contributed by atoms with Crippen LogP contribution in [0.15, 0.2) is 120 Å². The standard InChI is InChI=1S/2C35H34ClF8N9O2/c2*1-18(34(39,40)41)27(54)13-12-26(20-6-11-24(36)23(14-20)28-46-17-48-52(28)30(37)38)51-29(55)33(49-31(51)45,16-32(2,3)35(42,43)44)21-7-4-19(5-8-21)25-15-47-53(50-25)22-9-10-22/h2*4-8,11,14-15,17-18,22,26,30H,9-10,12-13,16H2,1-3H3,(H2,45,49)/t18-,26+,33+;18-,26-,33-/m01/s1. The number of aromatic nitrogens is 12. The predicted octanol–water partition coefficient (Wildman–Crippen LogP) is 16.4. The molecule has 0 spiro atoms. The zero-order valence-electron chi connectivity index (χ0n) is 58.8. The third kappa shape index (κ3) is 16.3. The lowest BCUT2D eigenvalue weighted by Crippen LogP contribution is -2.48. The molecule has 4 aromatic carbocycles. The van der Waals surface area contributed by atoms with Gasteiger partial charge in [-0.15, -0.1) is 0 Å². The maximum Gasteiger partial charge on any atom is 0.398 e. The summed E-state index contributed by atoms with van der Waals surface area (Å²) in [5.74, 6) is -11.4. The van der Waals surface area contributed by atoms with Crippen molar-refractivity contribution in [2.75, 3.05) is 0 Å². The summed E-state index contributed by atoms with van der Waals surface area (Å²) < 4.78 is 224. The molecule has 588 valence electrons. The summed E-state index contributed by atoms with van der Waals surface area (Å²) in [6, 6.07) is 16.9. The van der Waals surface area contributed by atoms with Gasteiger partial charge in [-0.05, 0) is 112 Å². The van der Waals surface area contributed by atoms with Crippen LogP contribution in [0.2, 0.25) is 10.0 Å². The number of aliphatic imine (C=N–C) groups is 2. The molecule has 40 heteroatoms. The second kappa shape index (κ2) is 30.1. The van der Waals surface area contributed by atoms with Gasteiger partial charge in [-0.3, -0.25) is 29.0 Å². The average molecular weight is 1600 g/mol. The van der Waals surface area contributed by atoms with E-state index in [9.17, 15) is 89.4 Å². The second-order valence-corrected chi connectivity index (χ2v) is 29.3. The van der Waals surface area contributed by atoms with E-state index in [0.717, 1.165) is 75.8 Å². The van der Waals surface area contributed by atoms with Crippen LogP contribution in [0.5, 0.6) is 0 Å². The molecule has 2 saturated carbocycles. The second-order valence-electron chi connectivity index (χ2n) is 28.5. The van der Waals surface area contributed by atoms with Crippen LogP contribution in [-0.4, -0.2) is 129 Å². The number of rotatable bonds is 26. The highest BCUT2D eigenvalue weighted by Crippen LogP contribution is 2.54. The van der Waals surface area contributed by atoms with E-state index in [0.29, 0.717) is 36.4 Å². The number of Topliss-reactive ketones (excluding diaryl/α,β-unsaturated/α-hetero) is 2. The number of carbonyl (C=O) groups excluding carboxylic acids is 4. The summed E-state index contributed by atoms with van der Waals surface area (Å²) in [5, 5.41) is 24.2. The Morgan fingerprint density at radius 2 is 0.855 bits per heavy atom. The first-order valence-corrected chi connectivity index (χ1v) is 34.8. The molecule has 6 heterocycles. The maximum absolute atomic E-state index is 14.9. The Bertz CT molecular complexity index is 4510. The Morgan fingerprint density at radius 3 is 1.15 bits per heavy atom. The zero-order chi connectivity index (χ0) is 80.5. The number of nitrogens with two attached hydrogens (primary N) is 2. The minimum absolute atomic E-state index is 0.0148. The minimum Gasteiger partial charge on any atom is -0.369 e. The van der Waals surface area contributed by atoms with Crippen LogP contribution in [-0.2, 0) is 30.3 Å². The Hall–Kier alpha value is -9.88. The third-order valence-corrected chi connectivity index (χ3v) is 20.6. The van der Waals surface area contributed by atoms with Crippen molar-refractivity contribution < 1.29 is 89.4 Å². The van der Waals surface area contributed by atoms with Gasteiger partial charge in [-0.1, -0.05) is 112 Å². The molecule has 2 amide bonds. The quantitative estimate of drug-likeness (QED) is 0.0477. The fraction of sp³-hybridized carbons (Fsp3) is 0.457. The fourth-order valence-corrected chi connectivity index (χ4v) is 13.4. The summed E-state index contributed by atoms with van der Waals surface area (Å²) in [6.45, 7) is -1.42. The molecular weight excluding hydrogens is 1530 g/mol. The number of amides is 2. The fourth-order valence-electron chi connectivity index (χ4n) is 13.0. The van der Waals surface area contributed by atoms with Crippen molar-refractivity contribution in [2.45, 2.75) is 179 Å². The smallest absolute Gasteiger partial charge is 0.369 e. The number of benzene rings is 4. The number of halogens is 18. The predicted molar refractivity (Wildman–Crippen MR) is 365 cm³/mol. The number of hydrogen-bond acceptors (Lipinski definition) is 16. The molecule has 4 N–H and O–H groups in total. The monoisotopic (exact) mass is 1600 g/mol. The SMILES string of the molecule is C[C@@H](C(=O)CC[C@H](c1ccc(Cl)c(-c2ncnn2C(F)F)c1)N1C(=O)[C@@](CC(C)(C)C(F)(F)F)(c2ccc(-c3cnn(C4CC4)n3)cc2)N=C1N)C(F)(F)F.C[C@H](C(=O)CC[C@H](c1ccc(Cl)c(-c2ncnn2C(F)F)c1)N1C(=O)[C@@](CC(C)(C)C(F)(F)F)(c2ccc(-c3cnn(C4CC4)n3)cc2)N=C1N)C(F)(F)F. The van der Waals surface area contributed by atoms with Gasteiger partial charge >= 0.3 is 37.8 Å². The highest BCUT2D eigenvalue weighted by molar-refractivity contribution is 6.33. The van der Waals surface area contributed by atoms with Crippen molar-refractivity contribution in [1.82, 2.24) is 69.3 Å². The lowest BCUT2D eigenvalue weighted by Gasteiger charge is -2.37. The highest BCUT2D eigenvalue weighted by Gasteiger charge is 2.61. The number of ketones is 2. The first-order chi connectivity index (χ1) is 51.3. The molecule has 22 nitrogen and oxygen atoms in total. The normalized spacial score (nSPS) is 19.3. The molecule has 110 heavy (non-hydrogen) atoms. The van der Waals surface area contributed by atoms with Crippen molar-refractivity contribution in [1.29, 1.82) is 0 Å². The van der Waals surface area contributed by atoms with Crippen LogP contribution in [0, 0.1) is 22.7 Å². The van der Waals surface area contributed by atoms with Crippen LogP contribution in [0.3, 0.4) is 0 Å². The molecule has 0 unspecified atom stereocenters. The van der Waals surface area contributed by atoms with E-state index >= 15 is 0 Å². The molecule has 4 aliphatic rings. The first-order valence-electron chi connectivity index (χ1n) is 34.0. The molecule has 2 aliphatic heterocycles. The summed E-state index contributed by atoms with van der Waals surface area (Å²) in [5.41, 5.74) is 4.95. The van der Waals surface area contributed by atoms with E-state index in [4.69, 9.17) is 34.7 Å². The van der Waals surface area contributed by atoms with Crippen molar-refractivity contribution >= 4 is 58.5 Å². The third-order valence-electron chi connectivity index (χ3n) is 19.9. The van der Waals surface area contributed by atoms with E-state index in [2.05, 4.69) is 50.5 Å². The lowest BCUT2D eigenvalue weighted by atomic mass is 9.74. The van der Waals surface area contributed by atoms with Crippen molar-refractivity contribution in [3.63, 3.8) is 0 Å². The van der Waals surface area contributed by atoms with Gasteiger partial charge in [0.1, 0.15) is 47.4 Å². The van der Waals surface area contributed by atoms with Gasteiger partial charge in [0.05, 0.1) is 57.4 Å². The van der Waals surface area contributed by atoms with Crippen LogP contribution in [0.25, 0.3) is 45.3 Å². The Morgan fingerprint density at radius 1 is 0.518 bits per heavy atom. The topological polar surface area (TPSA) is 274 Å². The van der Waals surface area contributed by atoms with Crippen molar-refractivity contribution in [2.24, 2.45) is 44.1 Å². The zero-order valence-corrected chi connectivity index (χ0v) is 60.3. The van der Waals surface area contributed by atoms with Gasteiger partial charge in [0.25, 0.3) is 11.8 Å². The van der Waals surface area contributed by atoms with E-state index in [1.54, 1.807) is 33.9 Å². The maximum atomic E-state index is 14.9. The van der Waals surface area contributed by atoms with Gasteiger partial charge in [0.15, 0.2) is 34.6 Å². The van der Waals surface area contributed by atoms with Gasteiger partial charge in [0, 0.05) is 35.1 Å². The molecule has 0 radical (unpaired) electrons. The summed E-state index contributed by atoms with van der Waals surface area (Å²) >= 11 is 12.7. The molecule has 0 bridgehead atoms. The van der Waals surface area contributed by atoms with E-state index < -0.39 is 169 Å². The highest BCUT2D eigenvalue weighted by atomic mass is 35.5. The number of guanidine groups is 2. The number of carbonyl (C=O) groups is 4. The Balaban J connectivity index is 0.000000218. The first kappa shape index (κ1) is 81.1. The largest absolute Gasteiger partial charge is 0.398 e. The molecule has 8 aromatic rings. The molecule has 2 fully saturated rings. The van der Waals surface area contributed by atoms with Gasteiger partial charge in [-0.2, -0.15) is 120 Å². The number of alkyl halides is 16. The Kier molecular flexibility index (Phi) is 22.2. The summed E-state index contributed by atoms with van der Waals surface area (Å²) in [4.78, 5) is 76.7. The molecule has 12 rings (SSSR count). The van der Waals surface area contributed by atoms with Crippen LogP contribution in [0.1, 0.15) is 165 Å². The lowest BCUT2D eigenvalue weighted by molar-refractivity contribution is -0.218. The molecule has 2 aliphatic carbocycles. The van der Waals surface area contributed by atoms with Crippen molar-refractivity contribution in [3.8, 4) is 45.3 Å². The van der Waals surface area contributed by atoms with E-state index in [1.807, 2.05) is 0 Å². The summed E-state index contributed by atoms with van der Waals surface area (Å²) in [6.07, 6.45) is -15.5. The van der Waals surface area contributed by atoms with Crippen molar-refractivity contribution in [3.05, 3.63) is 142 Å². The number of hydrogen-bond donors (Lipinski definition) is 2. The summed E-state index contributed by atoms with van der Waals surface area (Å²) in [7, 11) is 0. The minimum atomic E-state index is -4.89. The molecule has 4 aromatic heterocycles. The van der Waals surface area contributed by atoms with Crippen LogP contribution in [0.4, 0.5) is 70.2 Å². The number of nitrogens with zero attached hydrogens (tertiary/aromatic N) is 16. The average Bonchev–Trinajstić information content (AvgIpc) is 1.56. The van der Waals surface area contributed by atoms with E-state index in [1.165, 1.54) is 73.1 Å². The van der Waals surface area contributed by atoms with Crippen LogP contribution < -0.4 is 11.5 Å². The molecular formula is C70H68Cl2F16N18O4. The van der Waals surface area contributed by atoms with E-state index in [-0.39, 0.29) is 64.9 Å². The molecule has 6 atom stereocenters. The van der Waals surface area contributed by atoms with Crippen LogP contribution >= 0.6 is 23.2 Å². The molecule has 0 saturated heterocycles. The van der Waals surface area contributed by atoms with Gasteiger partial charge in [-0.25, -0.2) is 20.0 Å².